The second-order valence-electron chi connectivity index (χ2n) is 4.51. The molecule has 1 unspecified atom stereocenters. The molecule has 3 heteroatoms. The minimum atomic E-state index is 0.146. The topological polar surface area (TPSA) is 34.2 Å². The highest BCUT2D eigenvalue weighted by Gasteiger charge is 2.14. The second-order valence-corrected chi connectivity index (χ2v) is 4.51. The molecule has 1 N–H and O–H groups in total. The Bertz CT molecular complexity index is 526. The van der Waals surface area contributed by atoms with Gasteiger partial charge in [-0.1, -0.05) is 25.1 Å². The first-order valence-corrected chi connectivity index (χ1v) is 6.54. The van der Waals surface area contributed by atoms with Gasteiger partial charge in [-0.2, -0.15) is 0 Å². The molecule has 0 spiro atoms. The summed E-state index contributed by atoms with van der Waals surface area (Å²) in [5.74, 6) is 0.921. The predicted molar refractivity (Wildman–Crippen MR) is 77.5 cm³/mol. The van der Waals surface area contributed by atoms with Crippen molar-refractivity contribution in [1.29, 1.82) is 0 Å². The number of nitrogens with one attached hydrogen (secondary N) is 1. The average molecular weight is 256 g/mol. The van der Waals surface area contributed by atoms with Gasteiger partial charge in [-0.3, -0.25) is 4.98 Å². The molecule has 0 bridgehead atoms. The Labute approximate surface area is 114 Å². The van der Waals surface area contributed by atoms with E-state index in [4.69, 9.17) is 4.74 Å². The summed E-state index contributed by atoms with van der Waals surface area (Å²) < 4.78 is 5.41. The molecular weight excluding hydrogens is 236 g/mol. The normalized spacial score (nSPS) is 12.2. The zero-order valence-electron chi connectivity index (χ0n) is 11.7. The SMILES string of the molecule is CCNC(c1cccnc1)c1ccc(C)c(OC)c1. The number of methoxy groups -OCH3 is 1. The molecule has 1 aromatic heterocycles. The molecule has 1 aromatic carbocycles. The second kappa shape index (κ2) is 6.34. The fraction of sp³-hybridized carbons (Fsp3) is 0.312. The Morgan fingerprint density at radius 3 is 2.74 bits per heavy atom. The van der Waals surface area contributed by atoms with E-state index in [1.807, 2.05) is 12.3 Å². The van der Waals surface area contributed by atoms with Gasteiger partial charge in [0.05, 0.1) is 13.2 Å². The van der Waals surface area contributed by atoms with Crippen molar-refractivity contribution < 1.29 is 4.74 Å². The van der Waals surface area contributed by atoms with E-state index in [-0.39, 0.29) is 6.04 Å². The van der Waals surface area contributed by atoms with Gasteiger partial charge in [0.1, 0.15) is 5.75 Å². The zero-order chi connectivity index (χ0) is 13.7. The van der Waals surface area contributed by atoms with Crippen LogP contribution in [0.5, 0.6) is 5.75 Å². The van der Waals surface area contributed by atoms with Gasteiger partial charge in [0.15, 0.2) is 0 Å². The van der Waals surface area contributed by atoms with Crippen LogP contribution in [0.4, 0.5) is 0 Å². The highest BCUT2D eigenvalue weighted by molar-refractivity contribution is 5.40. The van der Waals surface area contributed by atoms with E-state index in [0.717, 1.165) is 23.4 Å². The first-order chi connectivity index (χ1) is 9.26. The summed E-state index contributed by atoms with van der Waals surface area (Å²) in [7, 11) is 1.71. The molecule has 0 amide bonds. The van der Waals surface area contributed by atoms with Crippen LogP contribution in [0.25, 0.3) is 0 Å². The Kier molecular flexibility index (Phi) is 4.53. The molecule has 100 valence electrons. The first-order valence-electron chi connectivity index (χ1n) is 6.54. The number of rotatable bonds is 5. The predicted octanol–water partition coefficient (Wildman–Crippen LogP) is 3.10. The Morgan fingerprint density at radius 2 is 2.11 bits per heavy atom. The Hall–Kier alpha value is -1.87. The number of aryl methyl sites for hydroxylation is 1. The number of nitrogens with zero attached hydrogens (tertiary/aromatic N) is 1. The van der Waals surface area contributed by atoms with Crippen LogP contribution in [0.3, 0.4) is 0 Å². The summed E-state index contributed by atoms with van der Waals surface area (Å²) in [5, 5.41) is 3.49. The van der Waals surface area contributed by atoms with Crippen LogP contribution < -0.4 is 10.1 Å². The van der Waals surface area contributed by atoms with Crippen LogP contribution in [0.15, 0.2) is 42.7 Å². The number of aromatic nitrogens is 1. The minimum Gasteiger partial charge on any atom is -0.496 e. The van der Waals surface area contributed by atoms with Crippen molar-refractivity contribution in [3.8, 4) is 5.75 Å². The molecule has 0 saturated carbocycles. The van der Waals surface area contributed by atoms with Crippen LogP contribution in [0.2, 0.25) is 0 Å². The first kappa shape index (κ1) is 13.6. The highest BCUT2D eigenvalue weighted by Crippen LogP contribution is 2.27. The van der Waals surface area contributed by atoms with Gasteiger partial charge < -0.3 is 10.1 Å². The lowest BCUT2D eigenvalue weighted by Crippen LogP contribution is -2.22. The lowest BCUT2D eigenvalue weighted by molar-refractivity contribution is 0.410. The molecule has 2 aromatic rings. The summed E-state index contributed by atoms with van der Waals surface area (Å²) in [4.78, 5) is 4.20. The van der Waals surface area contributed by atoms with Gasteiger partial charge in [-0.05, 0) is 42.3 Å². The lowest BCUT2D eigenvalue weighted by Gasteiger charge is -2.19. The maximum atomic E-state index is 5.41. The molecule has 2 rings (SSSR count). The third kappa shape index (κ3) is 3.12. The molecule has 0 aliphatic carbocycles. The van der Waals surface area contributed by atoms with E-state index in [9.17, 15) is 0 Å². The summed E-state index contributed by atoms with van der Waals surface area (Å²) in [5.41, 5.74) is 3.50. The monoisotopic (exact) mass is 256 g/mol. The van der Waals surface area contributed by atoms with Gasteiger partial charge >= 0.3 is 0 Å². The molecule has 1 atom stereocenters. The average Bonchev–Trinajstić information content (AvgIpc) is 2.46. The summed E-state index contributed by atoms with van der Waals surface area (Å²) in [6, 6.07) is 10.5. The molecular formula is C16H20N2O. The summed E-state index contributed by atoms with van der Waals surface area (Å²) in [6.45, 7) is 5.06. The van der Waals surface area contributed by atoms with Crippen LogP contribution in [-0.4, -0.2) is 18.6 Å². The van der Waals surface area contributed by atoms with Crippen molar-refractivity contribution in [1.82, 2.24) is 10.3 Å². The quantitative estimate of drug-likeness (QED) is 0.892. The summed E-state index contributed by atoms with van der Waals surface area (Å²) in [6.07, 6.45) is 3.70. The van der Waals surface area contributed by atoms with Gasteiger partial charge in [0.25, 0.3) is 0 Å². The van der Waals surface area contributed by atoms with Crippen LogP contribution >= 0.6 is 0 Å². The highest BCUT2D eigenvalue weighted by atomic mass is 16.5. The van der Waals surface area contributed by atoms with E-state index < -0.39 is 0 Å². The molecule has 19 heavy (non-hydrogen) atoms. The van der Waals surface area contributed by atoms with Gasteiger partial charge in [0, 0.05) is 12.4 Å². The smallest absolute Gasteiger partial charge is 0.122 e. The Balaban J connectivity index is 2.39. The Morgan fingerprint density at radius 1 is 1.26 bits per heavy atom. The molecule has 0 radical (unpaired) electrons. The van der Waals surface area contributed by atoms with Crippen molar-refractivity contribution in [2.24, 2.45) is 0 Å². The van der Waals surface area contributed by atoms with E-state index >= 15 is 0 Å². The third-order valence-corrected chi connectivity index (χ3v) is 3.19. The third-order valence-electron chi connectivity index (χ3n) is 3.19. The standard InChI is InChI=1S/C16H20N2O/c1-4-18-16(14-6-5-9-17-11-14)13-8-7-12(2)15(10-13)19-3/h5-11,16,18H,4H2,1-3H3. The molecule has 0 aliphatic heterocycles. The van der Waals surface area contributed by atoms with Crippen molar-refractivity contribution >= 4 is 0 Å². The van der Waals surface area contributed by atoms with Crippen LogP contribution in [-0.2, 0) is 0 Å². The number of ether oxygens (including phenoxy) is 1. The largest absolute Gasteiger partial charge is 0.496 e. The van der Waals surface area contributed by atoms with E-state index in [2.05, 4.69) is 48.4 Å². The maximum Gasteiger partial charge on any atom is 0.122 e. The maximum absolute atomic E-state index is 5.41. The molecule has 1 heterocycles. The fourth-order valence-corrected chi connectivity index (χ4v) is 2.20. The molecule has 0 saturated heterocycles. The fourth-order valence-electron chi connectivity index (χ4n) is 2.20. The van der Waals surface area contributed by atoms with E-state index in [1.54, 1.807) is 13.3 Å². The zero-order valence-corrected chi connectivity index (χ0v) is 11.7. The molecule has 0 aliphatic rings. The lowest BCUT2D eigenvalue weighted by atomic mass is 9.98. The minimum absolute atomic E-state index is 0.146. The number of hydrogen-bond donors (Lipinski definition) is 1. The van der Waals surface area contributed by atoms with Crippen molar-refractivity contribution in [3.63, 3.8) is 0 Å². The van der Waals surface area contributed by atoms with Crippen molar-refractivity contribution in [2.75, 3.05) is 13.7 Å². The number of benzene rings is 1. The van der Waals surface area contributed by atoms with Crippen LogP contribution in [0.1, 0.15) is 29.7 Å². The van der Waals surface area contributed by atoms with Crippen LogP contribution in [0, 0.1) is 6.92 Å². The molecule has 3 nitrogen and oxygen atoms in total. The van der Waals surface area contributed by atoms with Gasteiger partial charge in [-0.15, -0.1) is 0 Å². The van der Waals surface area contributed by atoms with Gasteiger partial charge in [0.2, 0.25) is 0 Å². The van der Waals surface area contributed by atoms with Crippen molar-refractivity contribution in [2.45, 2.75) is 19.9 Å². The number of pyridine rings is 1. The summed E-state index contributed by atoms with van der Waals surface area (Å²) >= 11 is 0. The van der Waals surface area contributed by atoms with E-state index in [0.29, 0.717) is 0 Å². The van der Waals surface area contributed by atoms with E-state index in [1.165, 1.54) is 5.56 Å². The van der Waals surface area contributed by atoms with Crippen molar-refractivity contribution in [3.05, 3.63) is 59.4 Å². The van der Waals surface area contributed by atoms with Gasteiger partial charge in [-0.25, -0.2) is 0 Å². The molecule has 0 fully saturated rings. The number of hydrogen-bond acceptors (Lipinski definition) is 3.